The molecule has 2 aromatic rings. The minimum absolute atomic E-state index is 0.0530. The van der Waals surface area contributed by atoms with Crippen molar-refractivity contribution >= 4 is 35.1 Å². The van der Waals surface area contributed by atoms with Crippen molar-refractivity contribution in [1.29, 1.82) is 0 Å². The van der Waals surface area contributed by atoms with E-state index in [9.17, 15) is 4.79 Å². The average Bonchev–Trinajstić information content (AvgIpc) is 2.72. The van der Waals surface area contributed by atoms with Crippen LogP contribution in [-0.2, 0) is 5.75 Å². The van der Waals surface area contributed by atoms with Gasteiger partial charge in [0.1, 0.15) is 11.0 Å². The monoisotopic (exact) mass is 444 g/mol. The van der Waals surface area contributed by atoms with Crippen LogP contribution in [0.2, 0.25) is 5.15 Å². The lowest BCUT2D eigenvalue weighted by atomic mass is 10.1. The Labute approximate surface area is 188 Å². The summed E-state index contributed by atoms with van der Waals surface area (Å²) in [5, 5.41) is 4.01. The lowest BCUT2D eigenvalue weighted by molar-refractivity contribution is 0.0930. The summed E-state index contributed by atoms with van der Waals surface area (Å²) in [4.78, 5) is 23.3. The molecule has 2 rings (SSSR count). The average molecular weight is 445 g/mol. The van der Waals surface area contributed by atoms with Crippen molar-refractivity contribution in [3.8, 4) is 0 Å². The Balaban J connectivity index is 2.04. The first kappa shape index (κ1) is 24.0. The predicted octanol–water partition coefficient (Wildman–Crippen LogP) is 5.38. The van der Waals surface area contributed by atoms with E-state index in [2.05, 4.69) is 42.3 Å². The van der Waals surface area contributed by atoms with Crippen LogP contribution in [0, 0.1) is 5.92 Å². The molecule has 1 amide bonds. The molecule has 30 heavy (non-hydrogen) atoms. The van der Waals surface area contributed by atoms with Gasteiger partial charge >= 0.3 is 0 Å². The standard InChI is InChI=1S/C23H29ClN4OS/c1-6-12-28(13-7-2)21-14-20(24)26-23(27-21)30-15-18-8-10-19(11-9-18)22(29)25-17(5)16(3)4/h6-11,14,16-17H,1-2,12-13,15H2,3-5H3,(H,25,29). The minimum Gasteiger partial charge on any atom is -0.349 e. The fraction of sp³-hybridized carbons (Fsp3) is 0.348. The van der Waals surface area contributed by atoms with Gasteiger partial charge in [-0.05, 0) is 30.5 Å². The second kappa shape index (κ2) is 11.8. The van der Waals surface area contributed by atoms with Gasteiger partial charge in [0.25, 0.3) is 5.91 Å². The van der Waals surface area contributed by atoms with Crippen LogP contribution >= 0.6 is 23.4 Å². The SMILES string of the molecule is C=CCN(CC=C)c1cc(Cl)nc(SCc2ccc(C(=O)NC(C)C(C)C)cc2)n1. The Kier molecular flexibility index (Phi) is 9.40. The van der Waals surface area contributed by atoms with Crippen LogP contribution in [0.3, 0.4) is 0 Å². The van der Waals surface area contributed by atoms with Crippen LogP contribution in [-0.4, -0.2) is 35.0 Å². The first-order chi connectivity index (χ1) is 14.3. The van der Waals surface area contributed by atoms with E-state index < -0.39 is 0 Å². The quantitative estimate of drug-likeness (QED) is 0.218. The zero-order chi connectivity index (χ0) is 22.1. The van der Waals surface area contributed by atoms with Gasteiger partial charge in [-0.3, -0.25) is 4.79 Å². The minimum atomic E-state index is -0.0530. The molecular formula is C23H29ClN4OS. The van der Waals surface area contributed by atoms with Crippen LogP contribution in [0.4, 0.5) is 5.82 Å². The first-order valence-corrected chi connectivity index (χ1v) is 11.2. The summed E-state index contributed by atoms with van der Waals surface area (Å²) in [6.45, 7) is 15.0. The van der Waals surface area contributed by atoms with Gasteiger partial charge in [0.15, 0.2) is 5.16 Å². The van der Waals surface area contributed by atoms with Crippen molar-refractivity contribution in [3.05, 3.63) is 71.9 Å². The molecule has 0 spiro atoms. The molecule has 0 saturated heterocycles. The smallest absolute Gasteiger partial charge is 0.251 e. The third-order valence-corrected chi connectivity index (χ3v) is 5.74. The van der Waals surface area contributed by atoms with Crippen molar-refractivity contribution in [1.82, 2.24) is 15.3 Å². The number of benzene rings is 1. The molecule has 160 valence electrons. The molecule has 7 heteroatoms. The number of hydrogen-bond acceptors (Lipinski definition) is 5. The van der Waals surface area contributed by atoms with E-state index >= 15 is 0 Å². The van der Waals surface area contributed by atoms with Gasteiger partial charge in [-0.2, -0.15) is 0 Å². The fourth-order valence-corrected chi connectivity index (χ4v) is 3.58. The number of carbonyl (C=O) groups excluding carboxylic acids is 1. The zero-order valence-corrected chi connectivity index (χ0v) is 19.3. The number of rotatable bonds is 11. The molecular weight excluding hydrogens is 416 g/mol. The van der Waals surface area contributed by atoms with Crippen LogP contribution in [0.5, 0.6) is 0 Å². The molecule has 1 atom stereocenters. The topological polar surface area (TPSA) is 58.1 Å². The third-order valence-electron chi connectivity index (χ3n) is 4.63. The number of amides is 1. The second-order valence-electron chi connectivity index (χ2n) is 7.31. The second-order valence-corrected chi connectivity index (χ2v) is 8.64. The number of nitrogens with one attached hydrogen (secondary N) is 1. The van der Waals surface area contributed by atoms with Gasteiger partial charge in [0.05, 0.1) is 0 Å². The van der Waals surface area contributed by atoms with Crippen LogP contribution in [0.15, 0.2) is 60.8 Å². The maximum Gasteiger partial charge on any atom is 0.251 e. The van der Waals surface area contributed by atoms with E-state index in [4.69, 9.17) is 11.6 Å². The summed E-state index contributed by atoms with van der Waals surface area (Å²) in [7, 11) is 0. The van der Waals surface area contributed by atoms with Crippen molar-refractivity contribution < 1.29 is 4.79 Å². The zero-order valence-electron chi connectivity index (χ0n) is 17.8. The molecule has 1 heterocycles. The molecule has 0 saturated carbocycles. The van der Waals surface area contributed by atoms with Gasteiger partial charge in [0.2, 0.25) is 0 Å². The molecule has 0 aliphatic heterocycles. The largest absolute Gasteiger partial charge is 0.349 e. The molecule has 0 aliphatic rings. The highest BCUT2D eigenvalue weighted by Crippen LogP contribution is 2.25. The van der Waals surface area contributed by atoms with Crippen molar-refractivity contribution in [2.24, 2.45) is 5.92 Å². The Hall–Kier alpha value is -2.31. The van der Waals surface area contributed by atoms with Gasteiger partial charge in [-0.1, -0.05) is 61.5 Å². The number of anilines is 1. The molecule has 0 bridgehead atoms. The molecule has 5 nitrogen and oxygen atoms in total. The highest BCUT2D eigenvalue weighted by atomic mass is 35.5. The van der Waals surface area contributed by atoms with Crippen LogP contribution in [0.1, 0.15) is 36.7 Å². The van der Waals surface area contributed by atoms with E-state index in [1.54, 1.807) is 6.07 Å². The van der Waals surface area contributed by atoms with E-state index in [1.807, 2.05) is 48.2 Å². The maximum absolute atomic E-state index is 12.3. The van der Waals surface area contributed by atoms with Gasteiger partial charge in [-0.15, -0.1) is 13.2 Å². The van der Waals surface area contributed by atoms with Gasteiger partial charge < -0.3 is 10.2 Å². The Morgan fingerprint density at radius 1 is 1.17 bits per heavy atom. The van der Waals surface area contributed by atoms with E-state index in [0.29, 0.717) is 40.6 Å². The number of carbonyl (C=O) groups is 1. The summed E-state index contributed by atoms with van der Waals surface area (Å²) in [5.41, 5.74) is 1.73. The highest BCUT2D eigenvalue weighted by molar-refractivity contribution is 7.98. The van der Waals surface area contributed by atoms with Gasteiger partial charge in [0, 0.05) is 36.5 Å². The van der Waals surface area contributed by atoms with Crippen LogP contribution < -0.4 is 10.2 Å². The fourth-order valence-electron chi connectivity index (χ4n) is 2.54. The number of halogens is 1. The molecule has 1 N–H and O–H groups in total. The Morgan fingerprint density at radius 3 is 2.37 bits per heavy atom. The molecule has 0 fully saturated rings. The van der Waals surface area contributed by atoms with Crippen LogP contribution in [0.25, 0.3) is 0 Å². The first-order valence-electron chi connectivity index (χ1n) is 9.88. The van der Waals surface area contributed by atoms with Crippen molar-refractivity contribution in [2.75, 3.05) is 18.0 Å². The van der Waals surface area contributed by atoms with Gasteiger partial charge in [-0.25, -0.2) is 9.97 Å². The number of thioether (sulfide) groups is 1. The highest BCUT2D eigenvalue weighted by Gasteiger charge is 2.13. The number of aromatic nitrogens is 2. The molecule has 0 radical (unpaired) electrons. The van der Waals surface area contributed by atoms with Crippen molar-refractivity contribution in [3.63, 3.8) is 0 Å². The van der Waals surface area contributed by atoms with E-state index in [-0.39, 0.29) is 11.9 Å². The van der Waals surface area contributed by atoms with E-state index in [1.165, 1.54) is 11.8 Å². The molecule has 1 unspecified atom stereocenters. The number of hydrogen-bond donors (Lipinski definition) is 1. The Bertz CT molecular complexity index is 860. The normalized spacial score (nSPS) is 11.8. The molecule has 1 aromatic carbocycles. The lowest BCUT2D eigenvalue weighted by Gasteiger charge is -2.20. The molecule has 0 aliphatic carbocycles. The summed E-state index contributed by atoms with van der Waals surface area (Å²) in [6.07, 6.45) is 3.62. The van der Waals surface area contributed by atoms with E-state index in [0.717, 1.165) is 11.4 Å². The summed E-state index contributed by atoms with van der Waals surface area (Å²) >= 11 is 7.71. The Morgan fingerprint density at radius 2 is 1.80 bits per heavy atom. The third kappa shape index (κ3) is 7.18. The predicted molar refractivity (Wildman–Crippen MR) is 127 cm³/mol. The molecule has 1 aromatic heterocycles. The maximum atomic E-state index is 12.3. The summed E-state index contributed by atoms with van der Waals surface area (Å²) < 4.78 is 0. The summed E-state index contributed by atoms with van der Waals surface area (Å²) in [5.74, 6) is 1.75. The lowest BCUT2D eigenvalue weighted by Crippen LogP contribution is -2.36. The summed E-state index contributed by atoms with van der Waals surface area (Å²) in [6, 6.07) is 9.47. The number of nitrogens with zero attached hydrogens (tertiary/aromatic N) is 3. The van der Waals surface area contributed by atoms with Crippen molar-refractivity contribution in [2.45, 2.75) is 37.7 Å².